The van der Waals surface area contributed by atoms with Crippen LogP contribution >= 0.6 is 0 Å². The molecule has 0 saturated carbocycles. The predicted octanol–water partition coefficient (Wildman–Crippen LogP) is 1.55. The van der Waals surface area contributed by atoms with Gasteiger partial charge in [-0.25, -0.2) is 0 Å². The van der Waals surface area contributed by atoms with Crippen molar-refractivity contribution in [1.82, 2.24) is 0 Å². The average Bonchev–Trinajstić information content (AvgIpc) is 2.30. The van der Waals surface area contributed by atoms with E-state index < -0.39 is 0 Å². The molecule has 3 nitrogen and oxygen atoms in total. The second kappa shape index (κ2) is 4.89. The third-order valence-electron chi connectivity index (χ3n) is 3.06. The van der Waals surface area contributed by atoms with E-state index in [4.69, 9.17) is 9.47 Å². The molecule has 2 atom stereocenters. The molecule has 0 amide bonds. The molecule has 0 aliphatic carbocycles. The summed E-state index contributed by atoms with van der Waals surface area (Å²) < 4.78 is 10.8. The lowest BCUT2D eigenvalue weighted by atomic mass is 9.91. The minimum atomic E-state index is -0.129. The summed E-state index contributed by atoms with van der Waals surface area (Å²) in [7, 11) is 0. The monoisotopic (exact) mass is 198 g/mol. The minimum Gasteiger partial charge on any atom is -0.381 e. The summed E-state index contributed by atoms with van der Waals surface area (Å²) in [5, 5.41) is 0. The predicted molar refractivity (Wildman–Crippen MR) is 52.1 cm³/mol. The Morgan fingerprint density at radius 1 is 1.07 bits per heavy atom. The molecule has 3 heteroatoms. The van der Waals surface area contributed by atoms with Crippen LogP contribution in [0.25, 0.3) is 0 Å². The Hall–Kier alpha value is -0.410. The lowest BCUT2D eigenvalue weighted by molar-refractivity contribution is -0.141. The lowest BCUT2D eigenvalue weighted by Gasteiger charge is -2.27. The summed E-state index contributed by atoms with van der Waals surface area (Å²) >= 11 is 0. The summed E-state index contributed by atoms with van der Waals surface area (Å²) in [5.41, 5.74) is 0. The minimum absolute atomic E-state index is 0.104. The molecule has 2 saturated heterocycles. The second-order valence-electron chi connectivity index (χ2n) is 4.17. The third-order valence-corrected chi connectivity index (χ3v) is 3.06. The van der Waals surface area contributed by atoms with E-state index in [2.05, 4.69) is 0 Å². The van der Waals surface area contributed by atoms with E-state index >= 15 is 0 Å². The van der Waals surface area contributed by atoms with Crippen LogP contribution in [0.5, 0.6) is 0 Å². The first-order chi connectivity index (χ1) is 6.88. The molecule has 0 N–H and O–H groups in total. The molecule has 2 aliphatic rings. The SMILES string of the molecule is O=C(C1CCCOC1)C1CCCCO1. The van der Waals surface area contributed by atoms with Crippen molar-refractivity contribution in [2.24, 2.45) is 5.92 Å². The van der Waals surface area contributed by atoms with Crippen molar-refractivity contribution in [2.75, 3.05) is 19.8 Å². The maximum atomic E-state index is 11.9. The van der Waals surface area contributed by atoms with Crippen molar-refractivity contribution in [3.05, 3.63) is 0 Å². The van der Waals surface area contributed by atoms with Crippen molar-refractivity contribution < 1.29 is 14.3 Å². The number of rotatable bonds is 2. The summed E-state index contributed by atoms with van der Waals surface area (Å²) in [4.78, 5) is 11.9. The zero-order valence-electron chi connectivity index (χ0n) is 8.54. The largest absolute Gasteiger partial charge is 0.381 e. The molecule has 0 bridgehead atoms. The topological polar surface area (TPSA) is 35.5 Å². The molecule has 2 unspecified atom stereocenters. The van der Waals surface area contributed by atoms with E-state index in [0.717, 1.165) is 45.3 Å². The number of hydrogen-bond donors (Lipinski definition) is 0. The van der Waals surface area contributed by atoms with E-state index in [9.17, 15) is 4.79 Å². The molecule has 2 rings (SSSR count). The number of hydrogen-bond acceptors (Lipinski definition) is 3. The van der Waals surface area contributed by atoms with Crippen LogP contribution in [0.15, 0.2) is 0 Å². The maximum absolute atomic E-state index is 11.9. The number of ether oxygens (including phenoxy) is 2. The fourth-order valence-electron chi connectivity index (χ4n) is 2.19. The van der Waals surface area contributed by atoms with Crippen molar-refractivity contribution >= 4 is 5.78 Å². The zero-order chi connectivity index (χ0) is 9.80. The molecule has 2 aliphatic heterocycles. The second-order valence-corrected chi connectivity index (χ2v) is 4.17. The zero-order valence-corrected chi connectivity index (χ0v) is 8.54. The highest BCUT2D eigenvalue weighted by Gasteiger charge is 2.30. The van der Waals surface area contributed by atoms with Crippen molar-refractivity contribution in [3.63, 3.8) is 0 Å². The van der Waals surface area contributed by atoms with Gasteiger partial charge < -0.3 is 9.47 Å². The van der Waals surface area contributed by atoms with Gasteiger partial charge in [0.25, 0.3) is 0 Å². The van der Waals surface area contributed by atoms with Crippen LogP contribution in [0, 0.1) is 5.92 Å². The molecule has 14 heavy (non-hydrogen) atoms. The highest BCUT2D eigenvalue weighted by atomic mass is 16.5. The van der Waals surface area contributed by atoms with Gasteiger partial charge in [-0.1, -0.05) is 0 Å². The van der Waals surface area contributed by atoms with Gasteiger partial charge in [0.15, 0.2) is 5.78 Å². The van der Waals surface area contributed by atoms with Crippen LogP contribution in [0.1, 0.15) is 32.1 Å². The fourth-order valence-corrected chi connectivity index (χ4v) is 2.19. The van der Waals surface area contributed by atoms with Gasteiger partial charge in [0.05, 0.1) is 6.61 Å². The van der Waals surface area contributed by atoms with E-state index in [-0.39, 0.29) is 17.8 Å². The van der Waals surface area contributed by atoms with E-state index in [1.54, 1.807) is 0 Å². The van der Waals surface area contributed by atoms with Crippen molar-refractivity contribution in [2.45, 2.75) is 38.2 Å². The quantitative estimate of drug-likeness (QED) is 0.675. The van der Waals surface area contributed by atoms with E-state index in [0.29, 0.717) is 6.61 Å². The first-order valence-electron chi connectivity index (χ1n) is 5.61. The van der Waals surface area contributed by atoms with Crippen LogP contribution in [0.3, 0.4) is 0 Å². The Balaban J connectivity index is 1.85. The van der Waals surface area contributed by atoms with Crippen LogP contribution < -0.4 is 0 Å². The van der Waals surface area contributed by atoms with Crippen molar-refractivity contribution in [3.8, 4) is 0 Å². The Kier molecular flexibility index (Phi) is 3.54. The van der Waals surface area contributed by atoms with Crippen LogP contribution in [-0.4, -0.2) is 31.7 Å². The Bertz CT molecular complexity index is 171. The fraction of sp³-hybridized carbons (Fsp3) is 0.909. The molecule has 80 valence electrons. The van der Waals surface area contributed by atoms with Gasteiger partial charge in [0.2, 0.25) is 0 Å². The van der Waals surface area contributed by atoms with Crippen molar-refractivity contribution in [1.29, 1.82) is 0 Å². The highest BCUT2D eigenvalue weighted by Crippen LogP contribution is 2.21. The Morgan fingerprint density at radius 2 is 2.00 bits per heavy atom. The van der Waals surface area contributed by atoms with E-state index in [1.165, 1.54) is 0 Å². The van der Waals surface area contributed by atoms with Gasteiger partial charge in [-0.2, -0.15) is 0 Å². The molecule has 0 aromatic carbocycles. The molecule has 0 spiro atoms. The molecule has 0 aromatic rings. The lowest BCUT2D eigenvalue weighted by Crippen LogP contribution is -2.37. The number of Topliss-reactive ketones (excluding diaryl/α,β-unsaturated/α-hetero) is 1. The van der Waals surface area contributed by atoms with Crippen LogP contribution in [0.4, 0.5) is 0 Å². The number of carbonyl (C=O) groups is 1. The number of carbonyl (C=O) groups excluding carboxylic acids is 1. The van der Waals surface area contributed by atoms with Gasteiger partial charge in [0.1, 0.15) is 6.10 Å². The highest BCUT2D eigenvalue weighted by molar-refractivity contribution is 5.85. The van der Waals surface area contributed by atoms with E-state index in [1.807, 2.05) is 0 Å². The Labute approximate surface area is 84.8 Å². The summed E-state index contributed by atoms with van der Waals surface area (Å²) in [6.45, 7) is 2.18. The van der Waals surface area contributed by atoms with Crippen LogP contribution in [0.2, 0.25) is 0 Å². The maximum Gasteiger partial charge on any atom is 0.166 e. The Morgan fingerprint density at radius 3 is 2.64 bits per heavy atom. The molecular weight excluding hydrogens is 180 g/mol. The summed E-state index contributed by atoms with van der Waals surface area (Å²) in [5.74, 6) is 0.385. The summed E-state index contributed by atoms with van der Waals surface area (Å²) in [6.07, 6.45) is 5.02. The third kappa shape index (κ3) is 2.34. The van der Waals surface area contributed by atoms with Gasteiger partial charge in [-0.15, -0.1) is 0 Å². The van der Waals surface area contributed by atoms with Gasteiger partial charge in [-0.3, -0.25) is 4.79 Å². The van der Waals surface area contributed by atoms with Gasteiger partial charge in [-0.05, 0) is 32.1 Å². The first-order valence-corrected chi connectivity index (χ1v) is 5.61. The van der Waals surface area contributed by atoms with Gasteiger partial charge >= 0.3 is 0 Å². The molecule has 2 heterocycles. The van der Waals surface area contributed by atoms with Crippen LogP contribution in [-0.2, 0) is 14.3 Å². The average molecular weight is 198 g/mol. The normalized spacial score (nSPS) is 34.0. The standard InChI is InChI=1S/C11H18O3/c12-11(9-4-3-6-13-8-9)10-5-1-2-7-14-10/h9-10H,1-8H2. The molecular formula is C11H18O3. The molecule has 0 aromatic heterocycles. The molecule has 2 fully saturated rings. The number of ketones is 1. The first kappa shape index (κ1) is 10.1. The summed E-state index contributed by atoms with van der Waals surface area (Å²) in [6, 6.07) is 0. The molecule has 0 radical (unpaired) electrons. The smallest absolute Gasteiger partial charge is 0.166 e. The van der Waals surface area contributed by atoms with Gasteiger partial charge in [0, 0.05) is 19.1 Å².